The first-order valence-electron chi connectivity index (χ1n) is 6.76. The van der Waals surface area contributed by atoms with Gasteiger partial charge in [-0.2, -0.15) is 4.31 Å². The highest BCUT2D eigenvalue weighted by atomic mass is 79.9. The van der Waals surface area contributed by atoms with Gasteiger partial charge in [-0.1, -0.05) is 49.6 Å². The standard InChI is InChI=1S/C14H17Br2NO2S/c1-9-2-4-11(5-3-9)20(18,19)17-8-10-6-12(15)13(16)7-14(10)17/h2-5,10,12-14H,6-8H2,1H3/t10-,12-,13-,14+/m0/s1. The smallest absolute Gasteiger partial charge is 0.207 e. The molecule has 0 aromatic heterocycles. The van der Waals surface area contributed by atoms with Gasteiger partial charge in [0, 0.05) is 22.2 Å². The first kappa shape index (κ1) is 15.0. The van der Waals surface area contributed by atoms with Gasteiger partial charge in [0.15, 0.2) is 0 Å². The molecule has 0 spiro atoms. The number of hydrogen-bond acceptors (Lipinski definition) is 2. The van der Waals surface area contributed by atoms with Crippen molar-refractivity contribution in [1.29, 1.82) is 0 Å². The summed E-state index contributed by atoms with van der Waals surface area (Å²) in [5.74, 6) is 0.494. The minimum absolute atomic E-state index is 0.152. The Kier molecular flexibility index (Phi) is 4.03. The molecule has 20 heavy (non-hydrogen) atoms. The normalized spacial score (nSPS) is 34.4. The fourth-order valence-corrected chi connectivity index (χ4v) is 6.11. The number of benzene rings is 1. The van der Waals surface area contributed by atoms with E-state index in [1.54, 1.807) is 16.4 Å². The largest absolute Gasteiger partial charge is 0.243 e. The van der Waals surface area contributed by atoms with Gasteiger partial charge in [-0.3, -0.25) is 0 Å². The van der Waals surface area contributed by atoms with Gasteiger partial charge in [0.05, 0.1) is 4.90 Å². The van der Waals surface area contributed by atoms with Gasteiger partial charge in [0.1, 0.15) is 0 Å². The summed E-state index contributed by atoms with van der Waals surface area (Å²) in [6.45, 7) is 2.62. The third-order valence-corrected chi connectivity index (χ3v) is 8.98. The lowest BCUT2D eigenvalue weighted by Gasteiger charge is -2.52. The van der Waals surface area contributed by atoms with Crippen molar-refractivity contribution >= 4 is 41.9 Å². The van der Waals surface area contributed by atoms with E-state index in [-0.39, 0.29) is 6.04 Å². The number of alkyl halides is 2. The van der Waals surface area contributed by atoms with Gasteiger partial charge in [0.25, 0.3) is 0 Å². The van der Waals surface area contributed by atoms with Crippen LogP contribution in [0.15, 0.2) is 29.2 Å². The number of rotatable bonds is 2. The van der Waals surface area contributed by atoms with Crippen molar-refractivity contribution in [3.05, 3.63) is 29.8 Å². The Balaban J connectivity index is 1.82. The van der Waals surface area contributed by atoms with Crippen molar-refractivity contribution in [2.45, 2.75) is 40.4 Å². The number of nitrogens with zero attached hydrogens (tertiary/aromatic N) is 1. The summed E-state index contributed by atoms with van der Waals surface area (Å²) in [5, 5.41) is 0. The predicted octanol–water partition coefficient (Wildman–Crippen LogP) is 3.30. The zero-order valence-corrected chi connectivity index (χ0v) is 15.2. The molecule has 0 bridgehead atoms. The van der Waals surface area contributed by atoms with Gasteiger partial charge in [-0.05, 0) is 37.8 Å². The number of fused-ring (bicyclic) bond motifs is 1. The maximum atomic E-state index is 12.7. The van der Waals surface area contributed by atoms with Crippen molar-refractivity contribution in [1.82, 2.24) is 4.31 Å². The first-order valence-corrected chi connectivity index (χ1v) is 10.0. The van der Waals surface area contributed by atoms with Crippen LogP contribution in [-0.4, -0.2) is 35.0 Å². The van der Waals surface area contributed by atoms with E-state index in [1.807, 2.05) is 19.1 Å². The SMILES string of the molecule is Cc1ccc(S(=O)(=O)N2C[C@@H]3C[C@H](Br)[C@@H](Br)C[C@H]32)cc1. The van der Waals surface area contributed by atoms with Crippen molar-refractivity contribution in [3.8, 4) is 0 Å². The molecule has 1 aliphatic carbocycles. The highest BCUT2D eigenvalue weighted by Crippen LogP contribution is 2.44. The Morgan fingerprint density at radius 3 is 2.35 bits per heavy atom. The third-order valence-electron chi connectivity index (χ3n) is 4.34. The molecule has 2 aliphatic rings. The van der Waals surface area contributed by atoms with E-state index in [2.05, 4.69) is 31.9 Å². The lowest BCUT2D eigenvalue weighted by molar-refractivity contribution is 0.0667. The monoisotopic (exact) mass is 421 g/mol. The molecule has 0 N–H and O–H groups in total. The summed E-state index contributed by atoms with van der Waals surface area (Å²) in [5.41, 5.74) is 1.07. The molecule has 1 aromatic carbocycles. The molecule has 1 aromatic rings. The fraction of sp³-hybridized carbons (Fsp3) is 0.571. The average Bonchev–Trinajstić information content (AvgIpc) is 2.38. The van der Waals surface area contributed by atoms with Crippen LogP contribution in [0.25, 0.3) is 0 Å². The maximum Gasteiger partial charge on any atom is 0.243 e. The van der Waals surface area contributed by atoms with E-state index in [0.717, 1.165) is 18.4 Å². The molecule has 110 valence electrons. The molecule has 1 saturated heterocycles. The Labute approximate surface area is 137 Å². The molecule has 0 amide bonds. The van der Waals surface area contributed by atoms with Gasteiger partial charge in [-0.15, -0.1) is 0 Å². The van der Waals surface area contributed by atoms with Crippen molar-refractivity contribution in [2.24, 2.45) is 5.92 Å². The van der Waals surface area contributed by atoms with Crippen LogP contribution in [0.2, 0.25) is 0 Å². The quantitative estimate of drug-likeness (QED) is 0.685. The summed E-state index contributed by atoms with van der Waals surface area (Å²) >= 11 is 7.31. The molecule has 3 nitrogen and oxygen atoms in total. The molecule has 3 rings (SSSR count). The van der Waals surface area contributed by atoms with E-state index in [9.17, 15) is 8.42 Å². The summed E-state index contributed by atoms with van der Waals surface area (Å²) in [4.78, 5) is 1.21. The second-order valence-electron chi connectivity index (χ2n) is 5.72. The Bertz CT molecular complexity index is 602. The lowest BCUT2D eigenvalue weighted by atomic mass is 9.79. The molecular formula is C14H17Br2NO2S. The van der Waals surface area contributed by atoms with Crippen LogP contribution in [0.4, 0.5) is 0 Å². The zero-order chi connectivity index (χ0) is 14.5. The van der Waals surface area contributed by atoms with Crippen LogP contribution in [-0.2, 0) is 10.0 Å². The van der Waals surface area contributed by atoms with Crippen LogP contribution in [0.3, 0.4) is 0 Å². The minimum Gasteiger partial charge on any atom is -0.207 e. The average molecular weight is 423 g/mol. The summed E-state index contributed by atoms with van der Waals surface area (Å²) in [7, 11) is -3.33. The van der Waals surface area contributed by atoms with E-state index in [0.29, 0.717) is 27.0 Å². The van der Waals surface area contributed by atoms with Gasteiger partial charge in [0.2, 0.25) is 10.0 Å². The van der Waals surface area contributed by atoms with Gasteiger partial charge >= 0.3 is 0 Å². The van der Waals surface area contributed by atoms with Crippen molar-refractivity contribution in [3.63, 3.8) is 0 Å². The summed E-state index contributed by atoms with van der Waals surface area (Å²) in [6, 6.07) is 7.28. The molecule has 6 heteroatoms. The maximum absolute atomic E-state index is 12.7. The van der Waals surface area contributed by atoms with Crippen LogP contribution in [0.5, 0.6) is 0 Å². The number of halogens is 2. The molecule has 1 saturated carbocycles. The molecule has 1 aliphatic heterocycles. The van der Waals surface area contributed by atoms with Crippen LogP contribution < -0.4 is 0 Å². The summed E-state index contributed by atoms with van der Waals surface area (Å²) < 4.78 is 27.0. The van der Waals surface area contributed by atoms with E-state index in [4.69, 9.17) is 0 Å². The molecule has 0 radical (unpaired) electrons. The lowest BCUT2D eigenvalue weighted by Crippen LogP contribution is -2.62. The predicted molar refractivity (Wildman–Crippen MR) is 87.0 cm³/mol. The van der Waals surface area contributed by atoms with Gasteiger partial charge < -0.3 is 0 Å². The van der Waals surface area contributed by atoms with Crippen molar-refractivity contribution < 1.29 is 8.42 Å². The molecule has 0 unspecified atom stereocenters. The van der Waals surface area contributed by atoms with Gasteiger partial charge in [-0.25, -0.2) is 8.42 Å². The minimum atomic E-state index is -3.33. The molecule has 4 atom stereocenters. The van der Waals surface area contributed by atoms with Crippen molar-refractivity contribution in [2.75, 3.05) is 6.54 Å². The van der Waals surface area contributed by atoms with Crippen LogP contribution in [0, 0.1) is 12.8 Å². The summed E-state index contributed by atoms with van der Waals surface area (Å²) in [6.07, 6.45) is 1.92. The highest BCUT2D eigenvalue weighted by Gasteiger charge is 2.50. The Morgan fingerprint density at radius 1 is 1.10 bits per heavy atom. The van der Waals surface area contributed by atoms with Crippen LogP contribution in [0.1, 0.15) is 18.4 Å². The van der Waals surface area contributed by atoms with E-state index in [1.165, 1.54) is 0 Å². The second-order valence-corrected chi connectivity index (χ2v) is 9.96. The zero-order valence-electron chi connectivity index (χ0n) is 11.2. The number of hydrogen-bond donors (Lipinski definition) is 0. The molecule has 1 heterocycles. The van der Waals surface area contributed by atoms with E-state index < -0.39 is 10.0 Å². The Hall–Kier alpha value is 0.0900. The van der Waals surface area contributed by atoms with E-state index >= 15 is 0 Å². The molecule has 2 fully saturated rings. The first-order chi connectivity index (χ1) is 9.39. The number of aryl methyl sites for hydroxylation is 1. The Morgan fingerprint density at radius 2 is 1.70 bits per heavy atom. The van der Waals surface area contributed by atoms with Crippen LogP contribution >= 0.6 is 31.9 Å². The molecular weight excluding hydrogens is 406 g/mol. The number of sulfonamides is 1. The second kappa shape index (κ2) is 5.38. The fourth-order valence-electron chi connectivity index (χ4n) is 3.06. The highest BCUT2D eigenvalue weighted by molar-refractivity contribution is 9.12. The topological polar surface area (TPSA) is 37.4 Å². The third kappa shape index (κ3) is 2.49.